The van der Waals surface area contributed by atoms with Crippen molar-refractivity contribution >= 4 is 5.91 Å². The van der Waals surface area contributed by atoms with Gasteiger partial charge < -0.3 is 11.1 Å². The van der Waals surface area contributed by atoms with Gasteiger partial charge in [-0.05, 0) is 30.7 Å². The fourth-order valence-electron chi connectivity index (χ4n) is 2.04. The summed E-state index contributed by atoms with van der Waals surface area (Å²) in [6, 6.07) is 18.0. The van der Waals surface area contributed by atoms with E-state index in [0.717, 1.165) is 16.7 Å². The lowest BCUT2D eigenvalue weighted by Gasteiger charge is -2.26. The fourth-order valence-corrected chi connectivity index (χ4v) is 2.04. The highest BCUT2D eigenvalue weighted by molar-refractivity contribution is 5.85. The lowest BCUT2D eigenvalue weighted by atomic mass is 9.90. The van der Waals surface area contributed by atoms with Gasteiger partial charge in [0.05, 0.1) is 0 Å². The number of nitrogens with one attached hydrogen (secondary N) is 1. The summed E-state index contributed by atoms with van der Waals surface area (Å²) < 4.78 is 0. The van der Waals surface area contributed by atoms with Gasteiger partial charge in [0.25, 0.3) is 0 Å². The molecule has 1 amide bonds. The molecular weight excluding hydrogens is 236 g/mol. The first-order chi connectivity index (χ1) is 9.08. The number of nitrogens with two attached hydrogens (primary N) is 1. The molecule has 0 aliphatic heterocycles. The quantitative estimate of drug-likeness (QED) is 0.879. The van der Waals surface area contributed by atoms with Gasteiger partial charge in [0.2, 0.25) is 5.91 Å². The molecule has 2 aromatic rings. The Balaban J connectivity index is 2.36. The van der Waals surface area contributed by atoms with Gasteiger partial charge in [-0.2, -0.15) is 0 Å². The Morgan fingerprint density at radius 2 is 1.53 bits per heavy atom. The van der Waals surface area contributed by atoms with Crippen molar-refractivity contribution in [2.75, 3.05) is 7.05 Å². The summed E-state index contributed by atoms with van der Waals surface area (Å²) in [4.78, 5) is 11.6. The normalized spacial score (nSPS) is 13.8. The maximum absolute atomic E-state index is 11.6. The molecular formula is C16H18N2O. The summed E-state index contributed by atoms with van der Waals surface area (Å²) in [5, 5.41) is 2.98. The van der Waals surface area contributed by atoms with Gasteiger partial charge in [-0.15, -0.1) is 0 Å². The molecule has 0 aliphatic rings. The number of hydrogen-bond donors (Lipinski definition) is 2. The van der Waals surface area contributed by atoms with E-state index in [1.54, 1.807) is 14.0 Å². The Hall–Kier alpha value is -2.13. The molecule has 2 rings (SSSR count). The molecule has 1 unspecified atom stereocenters. The molecule has 3 heteroatoms. The average molecular weight is 254 g/mol. The van der Waals surface area contributed by atoms with Crippen LogP contribution in [-0.2, 0) is 10.3 Å². The van der Waals surface area contributed by atoms with Gasteiger partial charge in [-0.25, -0.2) is 0 Å². The third-order valence-electron chi connectivity index (χ3n) is 3.56. The maximum atomic E-state index is 11.6. The molecule has 0 aliphatic carbocycles. The van der Waals surface area contributed by atoms with Gasteiger partial charge in [-0.3, -0.25) is 4.79 Å². The molecule has 0 bridgehead atoms. The van der Waals surface area contributed by atoms with E-state index in [0.29, 0.717) is 0 Å². The molecule has 0 aromatic heterocycles. The van der Waals surface area contributed by atoms with E-state index in [9.17, 15) is 4.79 Å². The van der Waals surface area contributed by atoms with Gasteiger partial charge in [0.15, 0.2) is 0 Å². The van der Waals surface area contributed by atoms with Crippen molar-refractivity contribution in [1.29, 1.82) is 0 Å². The monoisotopic (exact) mass is 254 g/mol. The summed E-state index contributed by atoms with van der Waals surface area (Å²) in [6.07, 6.45) is 0. The van der Waals surface area contributed by atoms with Gasteiger partial charge >= 0.3 is 0 Å². The van der Waals surface area contributed by atoms with E-state index in [1.165, 1.54) is 0 Å². The predicted octanol–water partition coefficient (Wildman–Crippen LogP) is 2.27. The number of rotatable bonds is 4. The second-order valence-corrected chi connectivity index (χ2v) is 4.68. The van der Waals surface area contributed by atoms with E-state index in [1.807, 2.05) is 42.5 Å². The molecule has 0 radical (unpaired) electrons. The zero-order chi connectivity index (χ0) is 13.9. The van der Waals surface area contributed by atoms with Crippen molar-refractivity contribution in [2.45, 2.75) is 12.5 Å². The smallest absolute Gasteiger partial charge is 0.242 e. The molecule has 0 spiro atoms. The predicted molar refractivity (Wildman–Crippen MR) is 77.5 cm³/mol. The van der Waals surface area contributed by atoms with Crippen LogP contribution >= 0.6 is 0 Å². The summed E-state index contributed by atoms with van der Waals surface area (Å²) in [6.45, 7) is 1.78. The molecule has 0 saturated heterocycles. The second kappa shape index (κ2) is 5.24. The summed E-state index contributed by atoms with van der Waals surface area (Å²) in [5.74, 6) is -0.387. The van der Waals surface area contributed by atoms with Crippen LogP contribution in [0.1, 0.15) is 12.5 Å². The molecule has 0 saturated carbocycles. The van der Waals surface area contributed by atoms with Crippen molar-refractivity contribution in [3.05, 3.63) is 60.2 Å². The highest BCUT2D eigenvalue weighted by Gasteiger charge is 2.30. The largest absolute Gasteiger partial charge is 0.368 e. The Kier molecular flexibility index (Phi) is 3.67. The Morgan fingerprint density at radius 3 is 2.00 bits per heavy atom. The third kappa shape index (κ3) is 2.51. The first kappa shape index (κ1) is 13.3. The van der Waals surface area contributed by atoms with Crippen LogP contribution in [0, 0.1) is 0 Å². The number of benzene rings is 2. The van der Waals surface area contributed by atoms with Crippen LogP contribution in [0.4, 0.5) is 0 Å². The van der Waals surface area contributed by atoms with Gasteiger partial charge in [0.1, 0.15) is 5.54 Å². The third-order valence-corrected chi connectivity index (χ3v) is 3.56. The summed E-state index contributed by atoms with van der Waals surface area (Å²) >= 11 is 0. The Bertz CT molecular complexity index is 563. The van der Waals surface area contributed by atoms with Crippen LogP contribution in [0.15, 0.2) is 54.6 Å². The first-order valence-corrected chi connectivity index (χ1v) is 6.22. The lowest BCUT2D eigenvalue weighted by molar-refractivity contribution is -0.123. The van der Waals surface area contributed by atoms with Crippen LogP contribution in [0.2, 0.25) is 0 Å². The van der Waals surface area contributed by atoms with Crippen LogP contribution in [0.25, 0.3) is 11.1 Å². The molecule has 98 valence electrons. The van der Waals surface area contributed by atoms with E-state index in [2.05, 4.69) is 17.4 Å². The molecule has 3 nitrogen and oxygen atoms in total. The number of carbonyl (C=O) groups excluding carboxylic acids is 1. The molecule has 2 aromatic carbocycles. The molecule has 3 N–H and O–H groups in total. The van der Waals surface area contributed by atoms with Crippen LogP contribution < -0.4 is 11.1 Å². The van der Waals surface area contributed by atoms with Crippen molar-refractivity contribution < 1.29 is 4.79 Å². The second-order valence-electron chi connectivity index (χ2n) is 4.68. The minimum Gasteiger partial charge on any atom is -0.368 e. The molecule has 0 fully saturated rings. The van der Waals surface area contributed by atoms with Crippen LogP contribution in [0.3, 0.4) is 0 Å². The van der Waals surface area contributed by atoms with Crippen molar-refractivity contribution in [3.8, 4) is 11.1 Å². The van der Waals surface area contributed by atoms with E-state index in [-0.39, 0.29) is 5.91 Å². The Labute approximate surface area is 113 Å². The number of primary amides is 1. The highest BCUT2D eigenvalue weighted by Crippen LogP contribution is 2.24. The summed E-state index contributed by atoms with van der Waals surface area (Å²) in [5.41, 5.74) is 7.76. The van der Waals surface area contributed by atoms with Gasteiger partial charge in [0, 0.05) is 0 Å². The lowest BCUT2D eigenvalue weighted by Crippen LogP contribution is -2.48. The highest BCUT2D eigenvalue weighted by atomic mass is 16.1. The average Bonchev–Trinajstić information content (AvgIpc) is 2.47. The first-order valence-electron chi connectivity index (χ1n) is 6.22. The number of carbonyl (C=O) groups is 1. The van der Waals surface area contributed by atoms with Crippen LogP contribution in [0.5, 0.6) is 0 Å². The van der Waals surface area contributed by atoms with Crippen molar-refractivity contribution in [1.82, 2.24) is 5.32 Å². The van der Waals surface area contributed by atoms with Crippen LogP contribution in [-0.4, -0.2) is 13.0 Å². The zero-order valence-electron chi connectivity index (χ0n) is 11.2. The van der Waals surface area contributed by atoms with E-state index in [4.69, 9.17) is 5.73 Å². The minimum atomic E-state index is -0.838. The number of hydrogen-bond acceptors (Lipinski definition) is 2. The maximum Gasteiger partial charge on any atom is 0.242 e. The Morgan fingerprint density at radius 1 is 1.00 bits per heavy atom. The molecule has 0 heterocycles. The van der Waals surface area contributed by atoms with E-state index < -0.39 is 5.54 Å². The summed E-state index contributed by atoms with van der Waals surface area (Å²) in [7, 11) is 1.73. The topological polar surface area (TPSA) is 55.1 Å². The number of amides is 1. The standard InChI is InChI=1S/C16H18N2O/c1-16(18-2,15(17)19)14-10-8-13(9-11-14)12-6-4-3-5-7-12/h3-11,18H,1-2H3,(H2,17,19). The van der Waals surface area contributed by atoms with E-state index >= 15 is 0 Å². The number of likely N-dealkylation sites (N-methyl/N-ethyl adjacent to an activating group) is 1. The molecule has 19 heavy (non-hydrogen) atoms. The minimum absolute atomic E-state index is 0.387. The molecule has 1 atom stereocenters. The fraction of sp³-hybridized carbons (Fsp3) is 0.188. The zero-order valence-corrected chi connectivity index (χ0v) is 11.2. The van der Waals surface area contributed by atoms with Gasteiger partial charge in [-0.1, -0.05) is 54.6 Å². The van der Waals surface area contributed by atoms with Crippen molar-refractivity contribution in [2.24, 2.45) is 5.73 Å². The van der Waals surface area contributed by atoms with Crippen molar-refractivity contribution in [3.63, 3.8) is 0 Å². The SMILES string of the molecule is CNC(C)(C(N)=O)c1ccc(-c2ccccc2)cc1.